The van der Waals surface area contributed by atoms with Gasteiger partial charge in [0.05, 0.1) is 48.3 Å². The molecule has 3 fully saturated rings. The van der Waals surface area contributed by atoms with Crippen LogP contribution in [0.3, 0.4) is 0 Å². The van der Waals surface area contributed by atoms with Crippen LogP contribution in [0.4, 0.5) is 13.2 Å². The maximum absolute atomic E-state index is 13.4. The SMILES string of the molecule is C[C@H]1Cn2nc(OCC34CCC(C#N)(CC3)CC4)cc2-c2cnc([C@@](C)(O)C(F)(F)F)n21. The number of imidazole rings is 1. The Hall–Kier alpha value is -2.54. The zero-order valence-electron chi connectivity index (χ0n) is 18.1. The Balaban J connectivity index is 1.38. The lowest BCUT2D eigenvalue weighted by Crippen LogP contribution is -2.43. The van der Waals surface area contributed by atoms with E-state index >= 15 is 0 Å². The molecule has 2 aromatic heterocycles. The maximum atomic E-state index is 13.4. The van der Waals surface area contributed by atoms with Crippen LogP contribution in [0.25, 0.3) is 11.4 Å². The summed E-state index contributed by atoms with van der Waals surface area (Å²) in [5.41, 5.74) is -2.06. The van der Waals surface area contributed by atoms with E-state index in [-0.39, 0.29) is 16.9 Å². The van der Waals surface area contributed by atoms with Crippen molar-refractivity contribution in [2.75, 3.05) is 6.61 Å². The third-order valence-electron chi connectivity index (χ3n) is 7.85. The zero-order chi connectivity index (χ0) is 22.9. The van der Waals surface area contributed by atoms with Crippen LogP contribution in [0.5, 0.6) is 5.88 Å². The van der Waals surface area contributed by atoms with Crippen LogP contribution >= 0.6 is 0 Å². The molecule has 0 aromatic carbocycles. The monoisotopic (exact) mass is 449 g/mol. The van der Waals surface area contributed by atoms with Crippen molar-refractivity contribution in [3.05, 3.63) is 18.1 Å². The normalized spacial score (nSPS) is 30.8. The lowest BCUT2D eigenvalue weighted by atomic mass is 9.54. The van der Waals surface area contributed by atoms with Gasteiger partial charge in [-0.1, -0.05) is 0 Å². The second kappa shape index (κ2) is 6.73. The van der Waals surface area contributed by atoms with Crippen LogP contribution in [0.2, 0.25) is 0 Å². The summed E-state index contributed by atoms with van der Waals surface area (Å²) in [6, 6.07) is 3.87. The Morgan fingerprint density at radius 1 is 1.22 bits per heavy atom. The first-order valence-electron chi connectivity index (χ1n) is 11.0. The Morgan fingerprint density at radius 2 is 1.88 bits per heavy atom. The number of halogens is 3. The van der Waals surface area contributed by atoms with E-state index in [1.165, 1.54) is 10.8 Å². The summed E-state index contributed by atoms with van der Waals surface area (Å²) in [4.78, 5) is 3.94. The number of fused-ring (bicyclic) bond motifs is 6. The number of alkyl halides is 3. The largest absolute Gasteiger partial charge is 0.476 e. The molecule has 2 aromatic rings. The predicted molar refractivity (Wildman–Crippen MR) is 107 cm³/mol. The van der Waals surface area contributed by atoms with E-state index in [1.807, 2.05) is 0 Å². The summed E-state index contributed by atoms with van der Waals surface area (Å²) in [7, 11) is 0. The quantitative estimate of drug-likeness (QED) is 0.750. The van der Waals surface area contributed by atoms with Crippen molar-refractivity contribution < 1.29 is 23.0 Å². The molecule has 1 N–H and O–H groups in total. The third-order valence-corrected chi connectivity index (χ3v) is 7.85. The summed E-state index contributed by atoms with van der Waals surface area (Å²) < 4.78 is 49.6. The van der Waals surface area contributed by atoms with Gasteiger partial charge in [-0.2, -0.15) is 18.4 Å². The van der Waals surface area contributed by atoms with Gasteiger partial charge in [-0.25, -0.2) is 4.98 Å². The molecule has 7 nitrogen and oxygen atoms in total. The molecule has 0 amide bonds. The molecule has 10 heteroatoms. The van der Waals surface area contributed by atoms with E-state index in [2.05, 4.69) is 16.2 Å². The van der Waals surface area contributed by atoms with Crippen molar-refractivity contribution in [2.24, 2.45) is 10.8 Å². The highest BCUT2D eigenvalue weighted by atomic mass is 19.4. The fraction of sp³-hybridized carbons (Fsp3) is 0.682. The van der Waals surface area contributed by atoms with Crippen LogP contribution < -0.4 is 4.74 Å². The summed E-state index contributed by atoms with van der Waals surface area (Å²) in [5, 5.41) is 24.2. The first-order valence-corrected chi connectivity index (χ1v) is 11.0. The third kappa shape index (κ3) is 3.04. The lowest BCUT2D eigenvalue weighted by Gasteiger charge is -2.49. The minimum Gasteiger partial charge on any atom is -0.476 e. The number of rotatable bonds is 4. The van der Waals surface area contributed by atoms with Crippen LogP contribution in [0.15, 0.2) is 12.3 Å². The van der Waals surface area contributed by atoms with E-state index in [0.29, 0.717) is 30.4 Å². The molecule has 2 atom stereocenters. The Kier molecular flexibility index (Phi) is 4.48. The van der Waals surface area contributed by atoms with Crippen LogP contribution in [-0.2, 0) is 12.1 Å². The maximum Gasteiger partial charge on any atom is 0.424 e. The van der Waals surface area contributed by atoms with Crippen molar-refractivity contribution in [3.8, 4) is 23.3 Å². The molecular weight excluding hydrogens is 423 g/mol. The van der Waals surface area contributed by atoms with Gasteiger partial charge in [0.15, 0.2) is 5.82 Å². The van der Waals surface area contributed by atoms with Gasteiger partial charge in [0, 0.05) is 11.5 Å². The van der Waals surface area contributed by atoms with Crippen molar-refractivity contribution in [2.45, 2.75) is 76.7 Å². The van der Waals surface area contributed by atoms with E-state index < -0.39 is 17.6 Å². The Labute approximate surface area is 183 Å². The van der Waals surface area contributed by atoms with Crippen LogP contribution in [0.1, 0.15) is 64.2 Å². The average molecular weight is 449 g/mol. The fourth-order valence-corrected chi connectivity index (χ4v) is 5.50. The molecule has 0 spiro atoms. The van der Waals surface area contributed by atoms with Gasteiger partial charge < -0.3 is 14.4 Å². The molecule has 1 aliphatic heterocycles. The highest BCUT2D eigenvalue weighted by Crippen LogP contribution is 2.56. The number of aliphatic hydroxyl groups is 1. The highest BCUT2D eigenvalue weighted by molar-refractivity contribution is 5.58. The molecule has 6 rings (SSSR count). The van der Waals surface area contributed by atoms with Crippen molar-refractivity contribution >= 4 is 0 Å². The molecule has 3 heterocycles. The fourth-order valence-electron chi connectivity index (χ4n) is 5.50. The van der Waals surface area contributed by atoms with Crippen molar-refractivity contribution in [3.63, 3.8) is 0 Å². The minimum atomic E-state index is -4.84. The first kappa shape index (κ1) is 21.3. The van der Waals surface area contributed by atoms with Gasteiger partial charge >= 0.3 is 6.18 Å². The molecule has 0 unspecified atom stereocenters. The summed E-state index contributed by atoms with van der Waals surface area (Å²) in [6.07, 6.45) is 2.13. The summed E-state index contributed by atoms with van der Waals surface area (Å²) in [5.74, 6) is 0.00902. The van der Waals surface area contributed by atoms with Crippen LogP contribution in [-0.4, -0.2) is 37.2 Å². The van der Waals surface area contributed by atoms with Gasteiger partial charge in [-0.05, 0) is 52.4 Å². The molecule has 172 valence electrons. The van der Waals surface area contributed by atoms with E-state index in [1.54, 1.807) is 17.7 Å². The molecule has 0 radical (unpaired) electrons. The number of hydrogen-bond donors (Lipinski definition) is 1. The number of aromatic nitrogens is 4. The van der Waals surface area contributed by atoms with E-state index in [0.717, 1.165) is 45.4 Å². The topological polar surface area (TPSA) is 88.9 Å². The zero-order valence-corrected chi connectivity index (χ0v) is 18.1. The number of ether oxygens (including phenoxy) is 1. The van der Waals surface area contributed by atoms with Gasteiger partial charge in [0.1, 0.15) is 0 Å². The summed E-state index contributed by atoms with van der Waals surface area (Å²) in [6.45, 7) is 3.37. The highest BCUT2D eigenvalue weighted by Gasteiger charge is 2.55. The first-order chi connectivity index (χ1) is 15.0. The summed E-state index contributed by atoms with van der Waals surface area (Å²) >= 11 is 0. The number of hydrogen-bond acceptors (Lipinski definition) is 5. The predicted octanol–water partition coefficient (Wildman–Crippen LogP) is 4.33. The molecule has 0 saturated heterocycles. The van der Waals surface area contributed by atoms with Crippen LogP contribution in [0, 0.1) is 22.2 Å². The van der Waals surface area contributed by atoms with E-state index in [4.69, 9.17) is 4.74 Å². The molecular formula is C22H26F3N5O2. The van der Waals surface area contributed by atoms with Gasteiger partial charge in [0.2, 0.25) is 11.5 Å². The standard InChI is InChI=1S/C22H26F3N5O2/c1-14-11-29-15(16-10-27-18(30(14)16)19(2,31)22(23,24)25)9-17(28-29)32-13-21-6-3-20(12-26,4-7-21)5-8-21/h9-10,14,31H,3-8,11,13H2,1-2H3/t14-,19+,20?,21?/m0/s1. The second-order valence-corrected chi connectivity index (χ2v) is 9.99. The molecule has 4 aliphatic rings. The molecule has 3 aliphatic carbocycles. The van der Waals surface area contributed by atoms with E-state index in [9.17, 15) is 23.5 Å². The van der Waals surface area contributed by atoms with Gasteiger partial charge in [-0.3, -0.25) is 4.68 Å². The van der Waals surface area contributed by atoms with Gasteiger partial charge in [-0.15, -0.1) is 5.10 Å². The Bertz CT molecular complexity index is 1070. The molecule has 3 saturated carbocycles. The number of nitriles is 1. The van der Waals surface area contributed by atoms with Gasteiger partial charge in [0.25, 0.3) is 0 Å². The van der Waals surface area contributed by atoms with Crippen molar-refractivity contribution in [1.29, 1.82) is 5.26 Å². The second-order valence-electron chi connectivity index (χ2n) is 9.99. The molecule has 32 heavy (non-hydrogen) atoms. The Morgan fingerprint density at radius 3 is 2.47 bits per heavy atom. The average Bonchev–Trinajstić information content (AvgIpc) is 3.38. The molecule has 2 bridgehead atoms. The lowest BCUT2D eigenvalue weighted by molar-refractivity contribution is -0.262. The van der Waals surface area contributed by atoms with Crippen molar-refractivity contribution in [1.82, 2.24) is 19.3 Å². The smallest absolute Gasteiger partial charge is 0.424 e. The number of nitrogens with zero attached hydrogens (tertiary/aromatic N) is 5. The minimum absolute atomic E-state index is 0.0658.